The Hall–Kier alpha value is -1.51. The Morgan fingerprint density at radius 1 is 1.29 bits per heavy atom. The molecule has 120 valence electrons. The number of aliphatic hydroxyl groups is 1. The number of nitrogens with zero attached hydrogens (tertiary/aromatic N) is 1. The molecule has 1 aromatic rings. The summed E-state index contributed by atoms with van der Waals surface area (Å²) in [4.78, 5) is -0.0311. The minimum absolute atomic E-state index is 0.0311. The van der Waals surface area contributed by atoms with Crippen molar-refractivity contribution >= 4 is 15.7 Å². The summed E-state index contributed by atoms with van der Waals surface area (Å²) in [5.74, 6) is 0.502. The van der Waals surface area contributed by atoms with Crippen LogP contribution in [0.15, 0.2) is 17.0 Å². The summed E-state index contributed by atoms with van der Waals surface area (Å²) in [6, 6.07) is 2.75. The molecule has 1 atom stereocenters. The van der Waals surface area contributed by atoms with Gasteiger partial charge >= 0.3 is 0 Å². The number of hydrogen-bond acceptors (Lipinski definition) is 6. The van der Waals surface area contributed by atoms with Crippen molar-refractivity contribution in [3.8, 4) is 11.5 Å². The van der Waals surface area contributed by atoms with Crippen LogP contribution in [-0.4, -0.2) is 51.7 Å². The normalized spacial score (nSPS) is 13.2. The van der Waals surface area contributed by atoms with Gasteiger partial charge in [0.15, 0.2) is 0 Å². The van der Waals surface area contributed by atoms with E-state index in [1.807, 2.05) is 0 Å². The predicted octanol–water partition coefficient (Wildman–Crippen LogP) is 0.677. The molecule has 0 bridgehead atoms. The van der Waals surface area contributed by atoms with Gasteiger partial charge in [-0.05, 0) is 19.4 Å². The first kappa shape index (κ1) is 17.5. The minimum atomic E-state index is -3.76. The maximum atomic E-state index is 12.5. The minimum Gasteiger partial charge on any atom is -0.495 e. The summed E-state index contributed by atoms with van der Waals surface area (Å²) in [5, 5.41) is 9.27. The summed E-state index contributed by atoms with van der Waals surface area (Å²) in [6.07, 6.45) is -0.241. The van der Waals surface area contributed by atoms with Crippen molar-refractivity contribution in [1.29, 1.82) is 0 Å². The average molecular weight is 318 g/mol. The van der Waals surface area contributed by atoms with Crippen molar-refractivity contribution in [3.05, 3.63) is 12.1 Å². The lowest BCUT2D eigenvalue weighted by atomic mass is 10.3. The molecule has 0 radical (unpaired) electrons. The van der Waals surface area contributed by atoms with Gasteiger partial charge in [0.05, 0.1) is 26.0 Å². The number of benzene rings is 1. The SMILES string of the molecule is COc1cc(OC)c(S(=O)(=O)N(C)CCC(C)O)cc1N. The van der Waals surface area contributed by atoms with Crippen LogP contribution in [0.2, 0.25) is 0 Å². The Kier molecular flexibility index (Phi) is 5.82. The number of anilines is 1. The molecule has 1 aromatic carbocycles. The zero-order valence-electron chi connectivity index (χ0n) is 12.7. The summed E-state index contributed by atoms with van der Waals surface area (Å²) in [6.45, 7) is 1.79. The van der Waals surface area contributed by atoms with Gasteiger partial charge in [-0.25, -0.2) is 12.7 Å². The topological polar surface area (TPSA) is 102 Å². The smallest absolute Gasteiger partial charge is 0.246 e. The number of rotatable bonds is 7. The second-order valence-corrected chi connectivity index (χ2v) is 6.72. The summed E-state index contributed by atoms with van der Waals surface area (Å²) >= 11 is 0. The maximum absolute atomic E-state index is 12.5. The Labute approximate surface area is 125 Å². The van der Waals surface area contributed by atoms with E-state index in [0.29, 0.717) is 12.2 Å². The highest BCUT2D eigenvalue weighted by Gasteiger charge is 2.26. The second kappa shape index (κ2) is 6.97. The van der Waals surface area contributed by atoms with Crippen molar-refractivity contribution in [1.82, 2.24) is 4.31 Å². The van der Waals surface area contributed by atoms with Gasteiger partial charge in [-0.3, -0.25) is 0 Å². The number of ether oxygens (including phenoxy) is 2. The van der Waals surface area contributed by atoms with Gasteiger partial charge in [0, 0.05) is 19.7 Å². The molecule has 0 amide bonds. The van der Waals surface area contributed by atoms with Crippen LogP contribution >= 0.6 is 0 Å². The lowest BCUT2D eigenvalue weighted by molar-refractivity contribution is 0.177. The molecule has 0 fully saturated rings. The highest BCUT2D eigenvalue weighted by Crippen LogP contribution is 2.34. The van der Waals surface area contributed by atoms with Crippen molar-refractivity contribution in [2.24, 2.45) is 0 Å². The van der Waals surface area contributed by atoms with Gasteiger partial charge in [-0.15, -0.1) is 0 Å². The van der Waals surface area contributed by atoms with Crippen LogP contribution in [0.4, 0.5) is 5.69 Å². The number of nitrogen functional groups attached to an aromatic ring is 1. The van der Waals surface area contributed by atoms with Crippen LogP contribution in [0.3, 0.4) is 0 Å². The number of sulfonamides is 1. The summed E-state index contributed by atoms with van der Waals surface area (Å²) in [5.41, 5.74) is 5.98. The van der Waals surface area contributed by atoms with Crippen molar-refractivity contribution < 1.29 is 23.0 Å². The number of aliphatic hydroxyl groups excluding tert-OH is 1. The highest BCUT2D eigenvalue weighted by atomic mass is 32.2. The van der Waals surface area contributed by atoms with E-state index >= 15 is 0 Å². The fraction of sp³-hybridized carbons (Fsp3) is 0.538. The number of nitrogens with two attached hydrogens (primary N) is 1. The third-order valence-electron chi connectivity index (χ3n) is 3.07. The zero-order chi connectivity index (χ0) is 16.2. The molecule has 3 N–H and O–H groups in total. The second-order valence-electron chi connectivity index (χ2n) is 4.71. The molecule has 0 saturated heterocycles. The fourth-order valence-corrected chi connectivity index (χ4v) is 3.11. The molecule has 1 unspecified atom stereocenters. The van der Waals surface area contributed by atoms with Gasteiger partial charge in [0.25, 0.3) is 0 Å². The molecular formula is C13H22N2O5S. The molecule has 21 heavy (non-hydrogen) atoms. The van der Waals surface area contributed by atoms with Gasteiger partial charge in [-0.1, -0.05) is 0 Å². The lowest BCUT2D eigenvalue weighted by Crippen LogP contribution is -2.30. The van der Waals surface area contributed by atoms with Crippen LogP contribution in [-0.2, 0) is 10.0 Å². The van der Waals surface area contributed by atoms with Crippen molar-refractivity contribution in [2.45, 2.75) is 24.3 Å². The molecular weight excluding hydrogens is 296 g/mol. The highest BCUT2D eigenvalue weighted by molar-refractivity contribution is 7.89. The van der Waals surface area contributed by atoms with E-state index in [1.54, 1.807) is 6.92 Å². The Morgan fingerprint density at radius 2 is 1.86 bits per heavy atom. The van der Waals surface area contributed by atoms with E-state index in [0.717, 1.165) is 4.31 Å². The van der Waals surface area contributed by atoms with E-state index in [4.69, 9.17) is 15.2 Å². The van der Waals surface area contributed by atoms with Crippen molar-refractivity contribution in [3.63, 3.8) is 0 Å². The quantitative estimate of drug-likeness (QED) is 0.717. The molecule has 7 nitrogen and oxygen atoms in total. The molecule has 0 aliphatic heterocycles. The van der Waals surface area contributed by atoms with Crippen LogP contribution in [0.25, 0.3) is 0 Å². The largest absolute Gasteiger partial charge is 0.495 e. The van der Waals surface area contributed by atoms with Crippen molar-refractivity contribution in [2.75, 3.05) is 33.5 Å². The molecule has 0 aliphatic rings. The van der Waals surface area contributed by atoms with Gasteiger partial charge in [0.1, 0.15) is 16.4 Å². The van der Waals surface area contributed by atoms with E-state index in [1.165, 1.54) is 33.4 Å². The molecule has 0 spiro atoms. The number of methoxy groups -OCH3 is 2. The first-order valence-electron chi connectivity index (χ1n) is 6.40. The Balaban J connectivity index is 3.21. The molecule has 0 saturated carbocycles. The van der Waals surface area contributed by atoms with Crippen LogP contribution in [0.1, 0.15) is 13.3 Å². The Bertz CT molecular complexity index is 586. The van der Waals surface area contributed by atoms with E-state index in [9.17, 15) is 13.5 Å². The van der Waals surface area contributed by atoms with Crippen LogP contribution in [0, 0.1) is 0 Å². The molecule has 0 aromatic heterocycles. The van der Waals surface area contributed by atoms with Gasteiger partial charge < -0.3 is 20.3 Å². The molecule has 8 heteroatoms. The average Bonchev–Trinajstić information content (AvgIpc) is 2.44. The first-order valence-corrected chi connectivity index (χ1v) is 7.84. The molecule has 0 heterocycles. The zero-order valence-corrected chi connectivity index (χ0v) is 13.5. The predicted molar refractivity (Wildman–Crippen MR) is 80.1 cm³/mol. The summed E-state index contributed by atoms with van der Waals surface area (Å²) in [7, 11) is 0.492. The number of hydrogen-bond donors (Lipinski definition) is 2. The summed E-state index contributed by atoms with van der Waals surface area (Å²) < 4.78 is 36.4. The third kappa shape index (κ3) is 3.99. The first-order chi connectivity index (χ1) is 9.73. The molecule has 1 rings (SSSR count). The van der Waals surface area contributed by atoms with Gasteiger partial charge in [-0.2, -0.15) is 0 Å². The van der Waals surface area contributed by atoms with E-state index in [2.05, 4.69) is 0 Å². The monoisotopic (exact) mass is 318 g/mol. The van der Waals surface area contributed by atoms with E-state index < -0.39 is 16.1 Å². The van der Waals surface area contributed by atoms with Crippen LogP contribution < -0.4 is 15.2 Å². The third-order valence-corrected chi connectivity index (χ3v) is 4.94. The lowest BCUT2D eigenvalue weighted by Gasteiger charge is -2.20. The fourth-order valence-electron chi connectivity index (χ4n) is 1.75. The van der Waals surface area contributed by atoms with E-state index in [-0.39, 0.29) is 22.9 Å². The van der Waals surface area contributed by atoms with Gasteiger partial charge in [0.2, 0.25) is 10.0 Å². The maximum Gasteiger partial charge on any atom is 0.246 e. The van der Waals surface area contributed by atoms with Crippen LogP contribution in [0.5, 0.6) is 11.5 Å². The Morgan fingerprint density at radius 3 is 2.33 bits per heavy atom. The standard InChI is InChI=1S/C13H22N2O5S/c1-9(16)5-6-15(2)21(17,18)13-7-10(14)11(19-3)8-12(13)20-4/h7-9,16H,5-6,14H2,1-4H3. The molecule has 0 aliphatic carbocycles.